The maximum absolute atomic E-state index is 5.84. The number of nitrogens with one attached hydrogen (secondary N) is 2. The lowest BCUT2D eigenvalue weighted by Gasteiger charge is -2.12. The Bertz CT molecular complexity index is 905. The number of imidazole rings is 1. The average molecular weight is 425 g/mol. The van der Waals surface area contributed by atoms with Gasteiger partial charge in [0.05, 0.1) is 0 Å². The van der Waals surface area contributed by atoms with Crippen LogP contribution in [-0.2, 0) is 25.9 Å². The number of hydrogen-bond acceptors (Lipinski definition) is 3. The Morgan fingerprint density at radius 3 is 2.67 bits per heavy atom. The van der Waals surface area contributed by atoms with Crippen molar-refractivity contribution in [1.29, 1.82) is 0 Å². The van der Waals surface area contributed by atoms with E-state index in [1.54, 1.807) is 6.20 Å². The van der Waals surface area contributed by atoms with Gasteiger partial charge in [-0.2, -0.15) is 0 Å². The standard InChI is InChI=1S/C23H29ClN6/c1-2-25-23(27-13-12-20-10-11-21(24)28-17-20)29-18-22-26-14-16-30(22)15-6-9-19-7-4-3-5-8-19/h3-5,7-8,10-11,14,16-17H,2,6,9,12-13,15,18H2,1H3,(H2,25,27,29). The van der Waals surface area contributed by atoms with Gasteiger partial charge < -0.3 is 15.2 Å². The Morgan fingerprint density at radius 2 is 1.90 bits per heavy atom. The maximum atomic E-state index is 5.84. The first kappa shape index (κ1) is 21.8. The second-order valence-corrected chi connectivity index (χ2v) is 7.37. The van der Waals surface area contributed by atoms with Crippen LogP contribution in [-0.4, -0.2) is 33.6 Å². The van der Waals surface area contributed by atoms with Gasteiger partial charge in [-0.3, -0.25) is 0 Å². The Balaban J connectivity index is 1.49. The van der Waals surface area contributed by atoms with Gasteiger partial charge in [-0.15, -0.1) is 0 Å². The van der Waals surface area contributed by atoms with Crippen LogP contribution in [0, 0.1) is 0 Å². The molecule has 0 saturated heterocycles. The van der Waals surface area contributed by atoms with Crippen molar-refractivity contribution in [2.75, 3.05) is 13.1 Å². The summed E-state index contributed by atoms with van der Waals surface area (Å²) >= 11 is 5.84. The molecule has 6 nitrogen and oxygen atoms in total. The van der Waals surface area contributed by atoms with Gasteiger partial charge in [-0.1, -0.05) is 48.0 Å². The molecule has 3 rings (SSSR count). The van der Waals surface area contributed by atoms with Crippen LogP contribution < -0.4 is 10.6 Å². The highest BCUT2D eigenvalue weighted by molar-refractivity contribution is 6.29. The van der Waals surface area contributed by atoms with E-state index in [1.807, 2.05) is 24.5 Å². The van der Waals surface area contributed by atoms with E-state index < -0.39 is 0 Å². The SMILES string of the molecule is CCNC(=NCc1nccn1CCCc1ccccc1)NCCc1ccc(Cl)nc1. The average Bonchev–Trinajstić information content (AvgIpc) is 3.21. The van der Waals surface area contributed by atoms with E-state index in [-0.39, 0.29) is 0 Å². The molecule has 158 valence electrons. The molecule has 0 fully saturated rings. The molecule has 2 N–H and O–H groups in total. The molecule has 0 bridgehead atoms. The van der Waals surface area contributed by atoms with Crippen molar-refractivity contribution in [2.24, 2.45) is 4.99 Å². The first-order chi connectivity index (χ1) is 14.7. The normalized spacial score (nSPS) is 11.5. The van der Waals surface area contributed by atoms with Crippen LogP contribution in [0.2, 0.25) is 5.15 Å². The number of aromatic nitrogens is 3. The van der Waals surface area contributed by atoms with Crippen LogP contribution in [0.4, 0.5) is 0 Å². The van der Waals surface area contributed by atoms with Crippen molar-refractivity contribution in [1.82, 2.24) is 25.2 Å². The molecule has 0 amide bonds. The molecule has 2 aromatic heterocycles. The van der Waals surface area contributed by atoms with Gasteiger partial charge >= 0.3 is 0 Å². The summed E-state index contributed by atoms with van der Waals surface area (Å²) in [6.45, 7) is 5.11. The van der Waals surface area contributed by atoms with Crippen LogP contribution in [0.5, 0.6) is 0 Å². The summed E-state index contributed by atoms with van der Waals surface area (Å²) in [6, 6.07) is 14.4. The van der Waals surface area contributed by atoms with Crippen molar-refractivity contribution in [2.45, 2.75) is 39.3 Å². The molecular formula is C23H29ClN6. The summed E-state index contributed by atoms with van der Waals surface area (Å²) in [5, 5.41) is 7.18. The minimum Gasteiger partial charge on any atom is -0.357 e. The molecule has 1 aromatic carbocycles. The van der Waals surface area contributed by atoms with E-state index in [4.69, 9.17) is 16.6 Å². The van der Waals surface area contributed by atoms with E-state index in [1.165, 1.54) is 5.56 Å². The number of pyridine rings is 1. The minimum atomic E-state index is 0.515. The zero-order valence-electron chi connectivity index (χ0n) is 17.4. The summed E-state index contributed by atoms with van der Waals surface area (Å²) in [6.07, 6.45) is 8.67. The number of nitrogens with zero attached hydrogens (tertiary/aromatic N) is 4. The van der Waals surface area contributed by atoms with Gasteiger partial charge in [0.1, 0.15) is 17.5 Å². The lowest BCUT2D eigenvalue weighted by Crippen LogP contribution is -2.38. The van der Waals surface area contributed by atoms with E-state index in [2.05, 4.69) is 62.4 Å². The maximum Gasteiger partial charge on any atom is 0.191 e. The van der Waals surface area contributed by atoms with E-state index >= 15 is 0 Å². The fourth-order valence-corrected chi connectivity index (χ4v) is 3.28. The lowest BCUT2D eigenvalue weighted by molar-refractivity contribution is 0.610. The highest BCUT2D eigenvalue weighted by Crippen LogP contribution is 2.07. The minimum absolute atomic E-state index is 0.515. The van der Waals surface area contributed by atoms with Gasteiger partial charge in [-0.25, -0.2) is 15.0 Å². The Kier molecular flexibility index (Phi) is 8.72. The van der Waals surface area contributed by atoms with Crippen LogP contribution in [0.15, 0.2) is 66.0 Å². The fourth-order valence-electron chi connectivity index (χ4n) is 3.16. The van der Waals surface area contributed by atoms with Gasteiger partial charge in [0.2, 0.25) is 0 Å². The second kappa shape index (κ2) is 12.0. The number of benzene rings is 1. The van der Waals surface area contributed by atoms with Gasteiger partial charge in [0, 0.05) is 38.2 Å². The molecule has 0 saturated carbocycles. The highest BCUT2D eigenvalue weighted by atomic mass is 35.5. The lowest BCUT2D eigenvalue weighted by atomic mass is 10.1. The molecule has 2 heterocycles. The fraction of sp³-hybridized carbons (Fsp3) is 0.348. The zero-order valence-corrected chi connectivity index (χ0v) is 18.1. The molecule has 3 aromatic rings. The monoisotopic (exact) mass is 424 g/mol. The highest BCUT2D eigenvalue weighted by Gasteiger charge is 2.04. The van der Waals surface area contributed by atoms with Gasteiger partial charge in [0.25, 0.3) is 0 Å². The molecule has 0 aliphatic heterocycles. The quantitative estimate of drug-likeness (QED) is 0.294. The van der Waals surface area contributed by atoms with E-state index in [9.17, 15) is 0 Å². The van der Waals surface area contributed by atoms with Crippen molar-refractivity contribution < 1.29 is 0 Å². The third-order valence-electron chi connectivity index (χ3n) is 4.73. The predicted octanol–water partition coefficient (Wildman–Crippen LogP) is 3.86. The van der Waals surface area contributed by atoms with Gasteiger partial charge in [0.15, 0.2) is 5.96 Å². The molecule has 0 unspecified atom stereocenters. The third kappa shape index (κ3) is 7.19. The van der Waals surface area contributed by atoms with Gasteiger partial charge in [-0.05, 0) is 43.4 Å². The number of guanidine groups is 1. The third-order valence-corrected chi connectivity index (χ3v) is 4.95. The molecule has 0 aliphatic carbocycles. The van der Waals surface area contributed by atoms with Crippen LogP contribution in [0.3, 0.4) is 0 Å². The number of rotatable bonds is 10. The second-order valence-electron chi connectivity index (χ2n) is 6.99. The molecule has 0 radical (unpaired) electrons. The summed E-state index contributed by atoms with van der Waals surface area (Å²) in [7, 11) is 0. The smallest absolute Gasteiger partial charge is 0.191 e. The van der Waals surface area contributed by atoms with E-state index in [0.29, 0.717) is 11.7 Å². The van der Waals surface area contributed by atoms with Crippen molar-refractivity contribution in [3.05, 3.63) is 83.2 Å². The van der Waals surface area contributed by atoms with Crippen molar-refractivity contribution in [3.8, 4) is 0 Å². The molecule has 0 aliphatic rings. The summed E-state index contributed by atoms with van der Waals surface area (Å²) in [5.41, 5.74) is 2.50. The Hall–Kier alpha value is -2.86. The van der Waals surface area contributed by atoms with Crippen molar-refractivity contribution >= 4 is 17.6 Å². The molecular weight excluding hydrogens is 396 g/mol. The first-order valence-corrected chi connectivity index (χ1v) is 10.8. The summed E-state index contributed by atoms with van der Waals surface area (Å²) in [5.74, 6) is 1.76. The molecule has 0 atom stereocenters. The predicted molar refractivity (Wildman–Crippen MR) is 123 cm³/mol. The van der Waals surface area contributed by atoms with E-state index in [0.717, 1.165) is 56.2 Å². The topological polar surface area (TPSA) is 67.1 Å². The van der Waals surface area contributed by atoms with Crippen molar-refractivity contribution in [3.63, 3.8) is 0 Å². The number of aliphatic imine (C=N–C) groups is 1. The summed E-state index contributed by atoms with van der Waals surface area (Å²) in [4.78, 5) is 13.3. The largest absolute Gasteiger partial charge is 0.357 e. The van der Waals surface area contributed by atoms with Crippen LogP contribution >= 0.6 is 11.6 Å². The van der Waals surface area contributed by atoms with Crippen LogP contribution in [0.25, 0.3) is 0 Å². The van der Waals surface area contributed by atoms with Crippen LogP contribution in [0.1, 0.15) is 30.3 Å². The number of aryl methyl sites for hydroxylation is 2. The molecule has 7 heteroatoms. The number of halogens is 1. The number of hydrogen-bond donors (Lipinski definition) is 2. The summed E-state index contributed by atoms with van der Waals surface area (Å²) < 4.78 is 2.19. The Labute approximate surface area is 183 Å². The first-order valence-electron chi connectivity index (χ1n) is 10.4. The zero-order chi connectivity index (χ0) is 21.0. The molecule has 0 spiro atoms. The Morgan fingerprint density at radius 1 is 1.03 bits per heavy atom. The molecule has 30 heavy (non-hydrogen) atoms.